The highest BCUT2D eigenvalue weighted by molar-refractivity contribution is 5.79. The van der Waals surface area contributed by atoms with Gasteiger partial charge in [-0.25, -0.2) is 9.97 Å². The molecule has 5 rings (SSSR count). The minimum atomic E-state index is 0.0768. The molecule has 0 saturated carbocycles. The van der Waals surface area contributed by atoms with E-state index in [1.165, 1.54) is 12.8 Å². The standard InChI is InChI=1S/C22H20N4O/c27-22-19-9-7-16(6-8-17-4-1-2-11-23-17)14-20(19)24-21-10-13-25-12-3-5-18(25)15-26(21)22/h1-2,4,7,9,11,14,18H,3,5,10,12-13,15H2/t18-/m1/s1. The van der Waals surface area contributed by atoms with Crippen molar-refractivity contribution < 1.29 is 0 Å². The van der Waals surface area contributed by atoms with Crippen LogP contribution in [0.2, 0.25) is 0 Å². The van der Waals surface area contributed by atoms with Crippen molar-refractivity contribution in [2.24, 2.45) is 0 Å². The number of fused-ring (bicyclic) bond motifs is 3. The van der Waals surface area contributed by atoms with E-state index in [-0.39, 0.29) is 5.56 Å². The Morgan fingerprint density at radius 2 is 2.07 bits per heavy atom. The summed E-state index contributed by atoms with van der Waals surface area (Å²) in [5, 5.41) is 0.675. The fourth-order valence-corrected chi connectivity index (χ4v) is 4.15. The molecule has 0 bridgehead atoms. The number of benzene rings is 1. The molecule has 5 nitrogen and oxygen atoms in total. The van der Waals surface area contributed by atoms with E-state index in [2.05, 4.69) is 21.7 Å². The molecule has 3 aromatic rings. The number of rotatable bonds is 0. The summed E-state index contributed by atoms with van der Waals surface area (Å²) in [7, 11) is 0. The third kappa shape index (κ3) is 3.02. The Balaban J connectivity index is 1.55. The molecule has 2 aliphatic rings. The molecule has 1 saturated heterocycles. The topological polar surface area (TPSA) is 51.0 Å². The Morgan fingerprint density at radius 3 is 2.96 bits per heavy atom. The highest BCUT2D eigenvalue weighted by Gasteiger charge is 2.29. The summed E-state index contributed by atoms with van der Waals surface area (Å²) in [6.07, 6.45) is 4.96. The first-order valence-corrected chi connectivity index (χ1v) is 9.48. The van der Waals surface area contributed by atoms with Crippen LogP contribution in [-0.4, -0.2) is 38.6 Å². The second kappa shape index (κ2) is 6.64. The molecule has 0 amide bonds. The van der Waals surface area contributed by atoms with Crippen molar-refractivity contribution in [3.8, 4) is 11.8 Å². The van der Waals surface area contributed by atoms with Crippen LogP contribution in [0.1, 0.15) is 29.9 Å². The first-order valence-electron chi connectivity index (χ1n) is 9.48. The number of hydrogen-bond acceptors (Lipinski definition) is 4. The van der Waals surface area contributed by atoms with Gasteiger partial charge in [0.25, 0.3) is 5.56 Å². The number of pyridine rings is 1. The van der Waals surface area contributed by atoms with Gasteiger partial charge in [0.05, 0.1) is 10.9 Å². The Bertz CT molecular complexity index is 1120. The van der Waals surface area contributed by atoms with Crippen molar-refractivity contribution in [3.05, 3.63) is 70.0 Å². The van der Waals surface area contributed by atoms with Crippen LogP contribution in [0.15, 0.2) is 47.4 Å². The molecule has 134 valence electrons. The number of aromatic nitrogens is 3. The number of nitrogens with zero attached hydrogens (tertiary/aromatic N) is 4. The first kappa shape index (κ1) is 16.2. The zero-order valence-electron chi connectivity index (χ0n) is 15.1. The van der Waals surface area contributed by atoms with E-state index < -0.39 is 0 Å². The maximum absolute atomic E-state index is 13.1. The number of hydrogen-bond donors (Lipinski definition) is 0. The summed E-state index contributed by atoms with van der Waals surface area (Å²) < 4.78 is 1.90. The average molecular weight is 356 g/mol. The molecular formula is C22H20N4O. The van der Waals surface area contributed by atoms with E-state index in [0.717, 1.165) is 48.7 Å². The van der Waals surface area contributed by atoms with Crippen LogP contribution >= 0.6 is 0 Å². The van der Waals surface area contributed by atoms with Gasteiger partial charge in [-0.05, 0) is 55.6 Å². The molecule has 0 radical (unpaired) electrons. The molecule has 1 fully saturated rings. The lowest BCUT2D eigenvalue weighted by molar-refractivity contribution is 0.250. The molecule has 2 aromatic heterocycles. The van der Waals surface area contributed by atoms with E-state index in [1.54, 1.807) is 6.20 Å². The van der Waals surface area contributed by atoms with Crippen LogP contribution in [-0.2, 0) is 13.0 Å². The fraction of sp³-hybridized carbons (Fsp3) is 0.318. The smallest absolute Gasteiger partial charge is 0.261 e. The Hall–Kier alpha value is -2.97. The Kier molecular flexibility index (Phi) is 3.99. The third-order valence-electron chi connectivity index (χ3n) is 5.55. The van der Waals surface area contributed by atoms with Crippen LogP contribution in [0.5, 0.6) is 0 Å². The monoisotopic (exact) mass is 356 g/mol. The van der Waals surface area contributed by atoms with Crippen LogP contribution < -0.4 is 5.56 Å². The SMILES string of the molecule is O=c1c2ccc(C#Cc3ccccn3)cc2nc2n1C[C@H]1CCCN1CC2. The van der Waals surface area contributed by atoms with E-state index in [9.17, 15) is 4.79 Å². The van der Waals surface area contributed by atoms with Gasteiger partial charge in [-0.15, -0.1) is 0 Å². The molecule has 4 heterocycles. The van der Waals surface area contributed by atoms with E-state index in [4.69, 9.17) is 4.98 Å². The van der Waals surface area contributed by atoms with Gasteiger partial charge in [0, 0.05) is 37.3 Å². The van der Waals surface area contributed by atoms with Crippen LogP contribution in [0.3, 0.4) is 0 Å². The first-order chi connectivity index (χ1) is 13.3. The van der Waals surface area contributed by atoms with Crippen molar-refractivity contribution in [2.45, 2.75) is 31.8 Å². The zero-order chi connectivity index (χ0) is 18.2. The maximum atomic E-state index is 13.1. The molecule has 0 spiro atoms. The predicted molar refractivity (Wildman–Crippen MR) is 105 cm³/mol. The summed E-state index contributed by atoms with van der Waals surface area (Å²) >= 11 is 0. The van der Waals surface area contributed by atoms with Crippen molar-refractivity contribution in [2.75, 3.05) is 13.1 Å². The van der Waals surface area contributed by atoms with Crippen molar-refractivity contribution >= 4 is 10.9 Å². The highest BCUT2D eigenvalue weighted by atomic mass is 16.1. The Morgan fingerprint density at radius 1 is 1.11 bits per heavy atom. The summed E-state index contributed by atoms with van der Waals surface area (Å²) in [6.45, 7) is 2.89. The van der Waals surface area contributed by atoms with Gasteiger partial charge in [0.15, 0.2) is 0 Å². The van der Waals surface area contributed by atoms with Crippen molar-refractivity contribution in [1.29, 1.82) is 0 Å². The average Bonchev–Trinajstić information content (AvgIpc) is 3.07. The molecule has 0 N–H and O–H groups in total. The fourth-order valence-electron chi connectivity index (χ4n) is 4.15. The summed E-state index contributed by atoms with van der Waals surface area (Å²) in [5.41, 5.74) is 2.39. The van der Waals surface area contributed by atoms with Gasteiger partial charge < -0.3 is 0 Å². The van der Waals surface area contributed by atoms with Crippen molar-refractivity contribution in [1.82, 2.24) is 19.4 Å². The zero-order valence-corrected chi connectivity index (χ0v) is 15.1. The van der Waals surface area contributed by atoms with Gasteiger partial charge in [-0.2, -0.15) is 0 Å². The normalized spacial score (nSPS) is 19.0. The minimum absolute atomic E-state index is 0.0768. The molecule has 1 aromatic carbocycles. The van der Waals surface area contributed by atoms with Crippen LogP contribution in [0.4, 0.5) is 0 Å². The molecular weight excluding hydrogens is 336 g/mol. The third-order valence-corrected chi connectivity index (χ3v) is 5.55. The molecule has 0 unspecified atom stereocenters. The largest absolute Gasteiger partial charge is 0.298 e. The lowest BCUT2D eigenvalue weighted by Gasteiger charge is -2.20. The lowest BCUT2D eigenvalue weighted by atomic mass is 10.1. The molecule has 5 heteroatoms. The maximum Gasteiger partial charge on any atom is 0.261 e. The second-order valence-corrected chi connectivity index (χ2v) is 7.22. The van der Waals surface area contributed by atoms with Gasteiger partial charge in [0.2, 0.25) is 0 Å². The molecule has 0 aliphatic carbocycles. The minimum Gasteiger partial charge on any atom is -0.298 e. The summed E-state index contributed by atoms with van der Waals surface area (Å²) in [4.78, 5) is 24.6. The lowest BCUT2D eigenvalue weighted by Crippen LogP contribution is -2.34. The second-order valence-electron chi connectivity index (χ2n) is 7.22. The summed E-state index contributed by atoms with van der Waals surface area (Å²) in [5.74, 6) is 7.09. The van der Waals surface area contributed by atoms with Gasteiger partial charge in [-0.3, -0.25) is 14.3 Å². The van der Waals surface area contributed by atoms with E-state index in [1.807, 2.05) is 41.0 Å². The van der Waals surface area contributed by atoms with Crippen molar-refractivity contribution in [3.63, 3.8) is 0 Å². The Labute approximate surface area is 157 Å². The van der Waals surface area contributed by atoms with Gasteiger partial charge in [0.1, 0.15) is 11.5 Å². The summed E-state index contributed by atoms with van der Waals surface area (Å²) in [6, 6.07) is 11.8. The predicted octanol–water partition coefficient (Wildman–Crippen LogP) is 2.21. The van der Waals surface area contributed by atoms with Crippen LogP contribution in [0, 0.1) is 11.8 Å². The highest BCUT2D eigenvalue weighted by Crippen LogP contribution is 2.22. The molecule has 27 heavy (non-hydrogen) atoms. The molecule has 2 aliphatic heterocycles. The van der Waals surface area contributed by atoms with E-state index >= 15 is 0 Å². The van der Waals surface area contributed by atoms with E-state index in [0.29, 0.717) is 11.4 Å². The quantitative estimate of drug-likeness (QED) is 0.580. The van der Waals surface area contributed by atoms with Gasteiger partial charge >= 0.3 is 0 Å². The van der Waals surface area contributed by atoms with Crippen LogP contribution in [0.25, 0.3) is 10.9 Å². The van der Waals surface area contributed by atoms with Gasteiger partial charge in [-0.1, -0.05) is 12.0 Å². The molecule has 1 atom stereocenters.